The lowest BCUT2D eigenvalue weighted by Gasteiger charge is -2.32. The quantitative estimate of drug-likeness (QED) is 0.797. The van der Waals surface area contributed by atoms with Crippen LogP contribution in [0.5, 0.6) is 0 Å². The van der Waals surface area contributed by atoms with Crippen molar-refractivity contribution in [3.63, 3.8) is 0 Å². The van der Waals surface area contributed by atoms with Crippen molar-refractivity contribution in [2.45, 2.75) is 39.2 Å². The Labute approximate surface area is 106 Å². The zero-order valence-corrected chi connectivity index (χ0v) is 10.7. The number of aliphatic hydroxyl groups excluding tert-OH is 1. The molecule has 1 aromatic carbocycles. The Bertz CT molecular complexity index is 457. The number of benzene rings is 1. The van der Waals surface area contributed by atoms with Crippen LogP contribution in [-0.2, 0) is 6.42 Å². The molecule has 18 heavy (non-hydrogen) atoms. The first-order chi connectivity index (χ1) is 8.37. The third-order valence-corrected chi connectivity index (χ3v) is 3.36. The van der Waals surface area contributed by atoms with Gasteiger partial charge < -0.3 is 5.11 Å². The summed E-state index contributed by atoms with van der Waals surface area (Å²) < 4.78 is 27.1. The van der Waals surface area contributed by atoms with Crippen LogP contribution in [0.25, 0.3) is 0 Å². The van der Waals surface area contributed by atoms with E-state index < -0.39 is 17.7 Å². The summed E-state index contributed by atoms with van der Waals surface area (Å²) in [4.78, 5) is 0. The highest BCUT2D eigenvalue weighted by molar-refractivity contribution is 5.27. The van der Waals surface area contributed by atoms with Gasteiger partial charge in [0.25, 0.3) is 0 Å². The topological polar surface area (TPSA) is 20.2 Å². The van der Waals surface area contributed by atoms with Crippen LogP contribution in [0.1, 0.15) is 32.3 Å². The molecule has 1 unspecified atom stereocenters. The van der Waals surface area contributed by atoms with Gasteiger partial charge in [-0.2, -0.15) is 0 Å². The summed E-state index contributed by atoms with van der Waals surface area (Å²) in [5, 5.41) is 9.77. The number of hydrogen-bond donors (Lipinski definition) is 1. The van der Waals surface area contributed by atoms with E-state index in [-0.39, 0.29) is 17.4 Å². The Hall–Kier alpha value is -1.22. The molecule has 0 saturated heterocycles. The van der Waals surface area contributed by atoms with Gasteiger partial charge in [-0.15, -0.1) is 0 Å². The summed E-state index contributed by atoms with van der Waals surface area (Å²) in [5.74, 6) is -1.04. The van der Waals surface area contributed by atoms with E-state index in [0.29, 0.717) is 6.42 Å². The highest BCUT2D eigenvalue weighted by atomic mass is 19.1. The van der Waals surface area contributed by atoms with Crippen molar-refractivity contribution in [1.29, 1.82) is 0 Å². The van der Waals surface area contributed by atoms with Crippen molar-refractivity contribution in [2.75, 3.05) is 0 Å². The summed E-state index contributed by atoms with van der Waals surface area (Å²) >= 11 is 0. The largest absolute Gasteiger partial charge is 0.389 e. The molecule has 0 radical (unpaired) electrons. The summed E-state index contributed by atoms with van der Waals surface area (Å²) in [6.07, 6.45) is 2.91. The van der Waals surface area contributed by atoms with E-state index >= 15 is 0 Å². The molecule has 0 fully saturated rings. The summed E-state index contributed by atoms with van der Waals surface area (Å²) in [6.45, 7) is 4.11. The monoisotopic (exact) mass is 252 g/mol. The van der Waals surface area contributed by atoms with Gasteiger partial charge in [0.05, 0.1) is 6.10 Å². The van der Waals surface area contributed by atoms with Gasteiger partial charge in [0, 0.05) is 5.56 Å². The lowest BCUT2D eigenvalue weighted by Crippen LogP contribution is -2.25. The molecule has 0 spiro atoms. The molecular formula is C15H18F2O. The number of hydrogen-bond acceptors (Lipinski definition) is 1. The molecule has 1 N–H and O–H groups in total. The minimum absolute atomic E-state index is 0.0226. The first-order valence-corrected chi connectivity index (χ1v) is 6.18. The van der Waals surface area contributed by atoms with Crippen LogP contribution in [0.4, 0.5) is 8.78 Å². The molecule has 1 nitrogen and oxygen atoms in total. The molecule has 1 atom stereocenters. The third-order valence-electron chi connectivity index (χ3n) is 3.36. The second kappa shape index (κ2) is 4.81. The molecule has 0 amide bonds. The maximum absolute atomic E-state index is 13.6. The zero-order valence-electron chi connectivity index (χ0n) is 10.7. The van der Waals surface area contributed by atoms with Gasteiger partial charge >= 0.3 is 0 Å². The average Bonchev–Trinajstić information content (AvgIpc) is 2.21. The Morgan fingerprint density at radius 1 is 1.28 bits per heavy atom. The number of halogens is 2. The van der Waals surface area contributed by atoms with Crippen LogP contribution < -0.4 is 0 Å². The highest BCUT2D eigenvalue weighted by Crippen LogP contribution is 2.36. The first kappa shape index (κ1) is 13.2. The van der Waals surface area contributed by atoms with Crippen molar-refractivity contribution in [3.05, 3.63) is 47.0 Å². The minimum Gasteiger partial charge on any atom is -0.389 e. The minimum atomic E-state index is -0.520. The molecule has 1 aliphatic carbocycles. The van der Waals surface area contributed by atoms with E-state index in [1.54, 1.807) is 6.08 Å². The Kier molecular flexibility index (Phi) is 3.53. The molecule has 1 aliphatic rings. The standard InChI is InChI=1S/C15H18F2O/c1-15(2)8-10(6-11(18)9-15)7-12-13(16)4-3-5-14(12)17/h3-6,11,18H,7-9H2,1-2H3. The van der Waals surface area contributed by atoms with Crippen LogP contribution in [0.2, 0.25) is 0 Å². The lowest BCUT2D eigenvalue weighted by atomic mass is 9.75. The van der Waals surface area contributed by atoms with E-state index in [0.717, 1.165) is 12.0 Å². The van der Waals surface area contributed by atoms with E-state index in [2.05, 4.69) is 13.8 Å². The fraction of sp³-hybridized carbons (Fsp3) is 0.467. The number of rotatable bonds is 2. The number of aliphatic hydroxyl groups is 1. The van der Waals surface area contributed by atoms with E-state index in [1.807, 2.05) is 0 Å². The van der Waals surface area contributed by atoms with Crippen molar-refractivity contribution >= 4 is 0 Å². The van der Waals surface area contributed by atoms with E-state index in [9.17, 15) is 13.9 Å². The molecule has 1 aromatic rings. The predicted molar refractivity (Wildman–Crippen MR) is 67.2 cm³/mol. The molecule has 98 valence electrons. The van der Waals surface area contributed by atoms with Crippen LogP contribution in [0.3, 0.4) is 0 Å². The van der Waals surface area contributed by atoms with Crippen molar-refractivity contribution in [3.8, 4) is 0 Å². The normalized spacial score (nSPS) is 22.7. The van der Waals surface area contributed by atoms with Gasteiger partial charge in [-0.25, -0.2) is 8.78 Å². The summed E-state index contributed by atoms with van der Waals surface area (Å²) in [7, 11) is 0. The van der Waals surface area contributed by atoms with Gasteiger partial charge in [-0.05, 0) is 36.8 Å². The maximum Gasteiger partial charge on any atom is 0.129 e. The van der Waals surface area contributed by atoms with E-state index in [4.69, 9.17) is 0 Å². The Morgan fingerprint density at radius 2 is 1.89 bits per heavy atom. The fourth-order valence-electron chi connectivity index (χ4n) is 2.69. The average molecular weight is 252 g/mol. The molecule has 0 aromatic heterocycles. The second-order valence-corrected chi connectivity index (χ2v) is 5.81. The van der Waals surface area contributed by atoms with Gasteiger partial charge in [-0.1, -0.05) is 31.6 Å². The summed E-state index contributed by atoms with van der Waals surface area (Å²) in [6, 6.07) is 3.90. The lowest BCUT2D eigenvalue weighted by molar-refractivity contribution is 0.138. The molecule has 2 rings (SSSR count). The molecule has 3 heteroatoms. The van der Waals surface area contributed by atoms with Gasteiger partial charge in [0.15, 0.2) is 0 Å². The van der Waals surface area contributed by atoms with Crippen LogP contribution >= 0.6 is 0 Å². The number of allylic oxidation sites excluding steroid dienone is 1. The third kappa shape index (κ3) is 2.96. The van der Waals surface area contributed by atoms with Crippen molar-refractivity contribution in [2.24, 2.45) is 5.41 Å². The predicted octanol–water partition coefficient (Wildman–Crippen LogP) is 3.61. The molecule has 0 aliphatic heterocycles. The molecule has 0 saturated carbocycles. The van der Waals surface area contributed by atoms with Crippen molar-refractivity contribution in [1.82, 2.24) is 0 Å². The molecule has 0 bridgehead atoms. The van der Waals surface area contributed by atoms with Crippen LogP contribution in [0, 0.1) is 17.0 Å². The SMILES string of the molecule is CC1(C)CC(Cc2c(F)cccc2F)=CC(O)C1. The first-order valence-electron chi connectivity index (χ1n) is 6.18. The fourth-order valence-corrected chi connectivity index (χ4v) is 2.69. The molecule has 0 heterocycles. The second-order valence-electron chi connectivity index (χ2n) is 5.81. The van der Waals surface area contributed by atoms with Crippen molar-refractivity contribution < 1.29 is 13.9 Å². The maximum atomic E-state index is 13.6. The van der Waals surface area contributed by atoms with Gasteiger partial charge in [0.2, 0.25) is 0 Å². The van der Waals surface area contributed by atoms with Gasteiger partial charge in [0.1, 0.15) is 11.6 Å². The van der Waals surface area contributed by atoms with Gasteiger partial charge in [-0.3, -0.25) is 0 Å². The Morgan fingerprint density at radius 3 is 2.44 bits per heavy atom. The smallest absolute Gasteiger partial charge is 0.129 e. The Balaban J connectivity index is 2.24. The van der Waals surface area contributed by atoms with Crippen LogP contribution in [0.15, 0.2) is 29.8 Å². The zero-order chi connectivity index (χ0) is 13.3. The highest BCUT2D eigenvalue weighted by Gasteiger charge is 2.28. The summed E-state index contributed by atoms with van der Waals surface area (Å²) in [5.41, 5.74) is 0.974. The van der Waals surface area contributed by atoms with Crippen LogP contribution in [-0.4, -0.2) is 11.2 Å². The molecular weight excluding hydrogens is 234 g/mol. The van der Waals surface area contributed by atoms with E-state index in [1.165, 1.54) is 18.2 Å².